The molecule has 0 saturated carbocycles. The lowest BCUT2D eigenvalue weighted by atomic mass is 10.5. The molecule has 0 amide bonds. The lowest BCUT2D eigenvalue weighted by Crippen LogP contribution is -2.25. The number of aromatic amines is 3. The summed E-state index contributed by atoms with van der Waals surface area (Å²) in [7, 11) is 0. The second kappa shape index (κ2) is 5.38. The van der Waals surface area contributed by atoms with Gasteiger partial charge in [0.1, 0.15) is 0 Å². The van der Waals surface area contributed by atoms with Crippen molar-refractivity contribution < 1.29 is 0 Å². The molecular formula is C9H9N3O3. The summed E-state index contributed by atoms with van der Waals surface area (Å²) in [6.07, 6.45) is 2.96. The molecule has 0 bridgehead atoms. The molecule has 2 aromatic rings. The lowest BCUT2D eigenvalue weighted by Gasteiger charge is -1.76. The number of rotatable bonds is 0. The van der Waals surface area contributed by atoms with Crippen LogP contribution in [-0.4, -0.2) is 15.2 Å². The van der Waals surface area contributed by atoms with E-state index in [0.717, 1.165) is 0 Å². The maximum absolute atomic E-state index is 10.3. The van der Waals surface area contributed by atoms with E-state index < -0.39 is 11.0 Å². The Morgan fingerprint density at radius 3 is 2.07 bits per heavy atom. The minimum Gasteiger partial charge on any atom is -0.329 e. The second-order valence-electron chi connectivity index (χ2n) is 2.52. The maximum atomic E-state index is 10.3. The molecule has 3 N–H and O–H groups in total. The van der Waals surface area contributed by atoms with Crippen molar-refractivity contribution in [1.82, 2.24) is 15.2 Å². The molecule has 6 nitrogen and oxygen atoms in total. The van der Waals surface area contributed by atoms with E-state index in [2.05, 4.69) is 15.2 Å². The van der Waals surface area contributed by atoms with E-state index in [-0.39, 0.29) is 5.56 Å². The van der Waals surface area contributed by atoms with Crippen LogP contribution in [0.2, 0.25) is 0 Å². The topological polar surface area (TPSA) is 98.6 Å². The average Bonchev–Trinajstić information content (AvgIpc) is 2.25. The van der Waals surface area contributed by atoms with E-state index in [1.165, 1.54) is 18.3 Å². The van der Waals surface area contributed by atoms with E-state index in [1.807, 2.05) is 0 Å². The standard InChI is InChI=1S/C5H5NO.C4H4N2O2/c7-5-3-1-2-4-6-5;7-3-1-2-5-6-4(3)8/h1-4H,(H,6,7);1-2H,(H,5,7)(H,6,8). The smallest absolute Gasteiger partial charge is 0.310 e. The van der Waals surface area contributed by atoms with Crippen LogP contribution < -0.4 is 16.5 Å². The van der Waals surface area contributed by atoms with Gasteiger partial charge >= 0.3 is 5.56 Å². The van der Waals surface area contributed by atoms with Crippen molar-refractivity contribution in [1.29, 1.82) is 0 Å². The number of hydrogen-bond acceptors (Lipinski definition) is 3. The SMILES string of the molecule is O=c1cc[nH][nH]c1=O.O=c1cccc[nH]1. The quantitative estimate of drug-likeness (QED) is 0.505. The van der Waals surface area contributed by atoms with Crippen LogP contribution in [0, 0.1) is 0 Å². The van der Waals surface area contributed by atoms with Crippen molar-refractivity contribution in [3.63, 3.8) is 0 Å². The second-order valence-corrected chi connectivity index (χ2v) is 2.52. The minimum atomic E-state index is -0.618. The monoisotopic (exact) mass is 207 g/mol. The molecular weight excluding hydrogens is 198 g/mol. The Kier molecular flexibility index (Phi) is 3.84. The van der Waals surface area contributed by atoms with E-state index >= 15 is 0 Å². The fourth-order valence-corrected chi connectivity index (χ4v) is 0.739. The number of H-pyrrole nitrogens is 3. The van der Waals surface area contributed by atoms with Gasteiger partial charge in [-0.3, -0.25) is 19.5 Å². The van der Waals surface area contributed by atoms with Crippen LogP contribution in [0.5, 0.6) is 0 Å². The number of hydrogen-bond donors (Lipinski definition) is 3. The van der Waals surface area contributed by atoms with Crippen molar-refractivity contribution in [2.24, 2.45) is 0 Å². The first kappa shape index (κ1) is 10.7. The first-order valence-electron chi connectivity index (χ1n) is 4.10. The van der Waals surface area contributed by atoms with Crippen LogP contribution in [0.1, 0.15) is 0 Å². The third kappa shape index (κ3) is 3.90. The summed E-state index contributed by atoms with van der Waals surface area (Å²) in [6, 6.07) is 6.10. The molecule has 0 aliphatic rings. The predicted octanol–water partition coefficient (Wildman–Crippen LogP) is -0.562. The highest BCUT2D eigenvalue weighted by Crippen LogP contribution is 1.67. The molecule has 15 heavy (non-hydrogen) atoms. The summed E-state index contributed by atoms with van der Waals surface area (Å²) in [6.45, 7) is 0. The Balaban J connectivity index is 0.000000151. The molecule has 0 atom stereocenters. The maximum Gasteiger partial charge on any atom is 0.310 e. The van der Waals surface area contributed by atoms with Crippen LogP contribution in [-0.2, 0) is 0 Å². The van der Waals surface area contributed by atoms with Crippen LogP contribution in [0.25, 0.3) is 0 Å². The summed E-state index contributed by atoms with van der Waals surface area (Å²) in [4.78, 5) is 33.2. The lowest BCUT2D eigenvalue weighted by molar-refractivity contribution is 0.972. The molecule has 2 aromatic heterocycles. The van der Waals surface area contributed by atoms with Crippen LogP contribution in [0.15, 0.2) is 51.0 Å². The van der Waals surface area contributed by atoms with Gasteiger partial charge in [-0.2, -0.15) is 0 Å². The van der Waals surface area contributed by atoms with Gasteiger partial charge < -0.3 is 10.1 Å². The Hall–Kier alpha value is -2.37. The van der Waals surface area contributed by atoms with Crippen molar-refractivity contribution in [2.75, 3.05) is 0 Å². The van der Waals surface area contributed by atoms with Gasteiger partial charge in [0.2, 0.25) is 11.0 Å². The van der Waals surface area contributed by atoms with E-state index in [1.54, 1.807) is 18.3 Å². The first-order valence-corrected chi connectivity index (χ1v) is 4.10. The first-order chi connectivity index (χ1) is 7.20. The Labute approximate surface area is 83.6 Å². The van der Waals surface area contributed by atoms with E-state index in [0.29, 0.717) is 0 Å². The molecule has 2 heterocycles. The highest BCUT2D eigenvalue weighted by atomic mass is 16.2. The number of pyridine rings is 1. The van der Waals surface area contributed by atoms with E-state index in [4.69, 9.17) is 0 Å². The zero-order valence-electron chi connectivity index (χ0n) is 7.69. The summed E-state index contributed by atoms with van der Waals surface area (Å²) < 4.78 is 0. The van der Waals surface area contributed by atoms with Gasteiger partial charge in [0.05, 0.1) is 0 Å². The van der Waals surface area contributed by atoms with Gasteiger partial charge in [-0.25, -0.2) is 0 Å². The molecule has 0 saturated heterocycles. The fourth-order valence-electron chi connectivity index (χ4n) is 0.739. The normalized spacial score (nSPS) is 8.80. The zero-order chi connectivity index (χ0) is 11.1. The number of nitrogens with one attached hydrogen (secondary N) is 3. The minimum absolute atomic E-state index is 0.0532. The largest absolute Gasteiger partial charge is 0.329 e. The zero-order valence-corrected chi connectivity index (χ0v) is 7.69. The van der Waals surface area contributed by atoms with Crippen LogP contribution >= 0.6 is 0 Å². The molecule has 0 aliphatic heterocycles. The third-order valence-corrected chi connectivity index (χ3v) is 1.41. The Bertz CT molecular complexity index is 521. The molecule has 0 fully saturated rings. The molecule has 6 heteroatoms. The molecule has 0 aromatic carbocycles. The van der Waals surface area contributed by atoms with Gasteiger partial charge in [-0.05, 0) is 6.07 Å². The van der Waals surface area contributed by atoms with Crippen LogP contribution in [0.3, 0.4) is 0 Å². The molecule has 0 spiro atoms. The molecule has 78 valence electrons. The fraction of sp³-hybridized carbons (Fsp3) is 0. The molecule has 2 rings (SSSR count). The molecule has 0 radical (unpaired) electrons. The van der Waals surface area contributed by atoms with E-state index in [9.17, 15) is 14.4 Å². The van der Waals surface area contributed by atoms with Gasteiger partial charge in [0.15, 0.2) is 0 Å². The summed E-state index contributed by atoms with van der Waals surface area (Å²) >= 11 is 0. The highest BCUT2D eigenvalue weighted by molar-refractivity contribution is 4.89. The number of aromatic nitrogens is 3. The summed E-state index contributed by atoms with van der Waals surface area (Å²) in [5.74, 6) is 0. The molecule has 0 unspecified atom stereocenters. The van der Waals surface area contributed by atoms with Gasteiger partial charge in [0.25, 0.3) is 0 Å². The highest BCUT2D eigenvalue weighted by Gasteiger charge is 1.83. The van der Waals surface area contributed by atoms with Crippen molar-refractivity contribution in [2.45, 2.75) is 0 Å². The summed E-state index contributed by atoms with van der Waals surface area (Å²) in [5.41, 5.74) is -1.20. The van der Waals surface area contributed by atoms with Crippen molar-refractivity contribution in [3.05, 3.63) is 67.6 Å². The van der Waals surface area contributed by atoms with Gasteiger partial charge in [-0.15, -0.1) is 0 Å². The van der Waals surface area contributed by atoms with Crippen LogP contribution in [0.4, 0.5) is 0 Å². The average molecular weight is 207 g/mol. The van der Waals surface area contributed by atoms with Gasteiger partial charge in [-0.1, -0.05) is 6.07 Å². The van der Waals surface area contributed by atoms with Gasteiger partial charge in [0, 0.05) is 24.5 Å². The third-order valence-electron chi connectivity index (χ3n) is 1.41. The molecule has 0 aliphatic carbocycles. The summed E-state index contributed by atoms with van der Waals surface area (Å²) in [5, 5.41) is 4.47. The van der Waals surface area contributed by atoms with Crippen molar-refractivity contribution >= 4 is 0 Å². The van der Waals surface area contributed by atoms with Crippen molar-refractivity contribution in [3.8, 4) is 0 Å². The Morgan fingerprint density at radius 1 is 0.933 bits per heavy atom. The Morgan fingerprint density at radius 2 is 1.73 bits per heavy atom. The predicted molar refractivity (Wildman–Crippen MR) is 54.7 cm³/mol.